The Hall–Kier alpha value is -4.13. The molecule has 0 aliphatic rings. The molecule has 0 saturated heterocycles. The highest BCUT2D eigenvalue weighted by atomic mass is 16.6. The van der Waals surface area contributed by atoms with Crippen LogP contribution in [0.15, 0.2) is 70.2 Å². The lowest BCUT2D eigenvalue weighted by atomic mass is 10.0. The minimum Gasteiger partial charge on any atom is -0.508 e. The molecule has 0 atom stereocenters. The normalized spacial score (nSPS) is 11.2. The molecule has 158 valence electrons. The van der Waals surface area contributed by atoms with Gasteiger partial charge >= 0.3 is 0 Å². The molecule has 0 amide bonds. The van der Waals surface area contributed by atoms with Gasteiger partial charge in [-0.25, -0.2) is 0 Å². The number of oxime groups is 1. The molecule has 7 heteroatoms. The second-order valence-corrected chi connectivity index (χ2v) is 6.74. The Bertz CT molecular complexity index is 1230. The number of nitrogens with zero attached hydrogens (tertiary/aromatic N) is 1. The molecule has 7 nitrogen and oxygen atoms in total. The summed E-state index contributed by atoms with van der Waals surface area (Å²) in [7, 11) is 3.01. The number of ether oxygens (including phenoxy) is 2. The largest absolute Gasteiger partial charge is 0.508 e. The van der Waals surface area contributed by atoms with Crippen LogP contribution in [0.1, 0.15) is 11.1 Å². The lowest BCUT2D eigenvalue weighted by Gasteiger charge is -2.07. The van der Waals surface area contributed by atoms with E-state index in [0.717, 1.165) is 5.56 Å². The van der Waals surface area contributed by atoms with Gasteiger partial charge in [-0.3, -0.25) is 0 Å². The van der Waals surface area contributed by atoms with Crippen LogP contribution in [0.25, 0.3) is 22.3 Å². The number of hydrogen-bond donors (Lipinski definition) is 2. The predicted molar refractivity (Wildman–Crippen MR) is 117 cm³/mol. The van der Waals surface area contributed by atoms with Crippen LogP contribution < -0.4 is 9.47 Å². The van der Waals surface area contributed by atoms with E-state index in [9.17, 15) is 10.2 Å². The number of phenolic OH excluding ortho intramolecular Hbond substituents is 2. The van der Waals surface area contributed by atoms with Gasteiger partial charge in [0.1, 0.15) is 40.9 Å². The van der Waals surface area contributed by atoms with Crippen molar-refractivity contribution in [2.24, 2.45) is 5.16 Å². The summed E-state index contributed by atoms with van der Waals surface area (Å²) in [5.74, 6) is 1.30. The van der Waals surface area contributed by atoms with E-state index in [1.54, 1.807) is 12.1 Å². The smallest absolute Gasteiger partial charge is 0.148 e. The fourth-order valence-electron chi connectivity index (χ4n) is 3.29. The van der Waals surface area contributed by atoms with Crippen molar-refractivity contribution in [3.8, 4) is 34.3 Å². The maximum absolute atomic E-state index is 10.6. The van der Waals surface area contributed by atoms with Crippen LogP contribution in [0, 0.1) is 0 Å². The quantitative estimate of drug-likeness (QED) is 0.321. The maximum atomic E-state index is 10.6. The molecule has 31 heavy (non-hydrogen) atoms. The molecule has 0 aliphatic heterocycles. The van der Waals surface area contributed by atoms with Gasteiger partial charge < -0.3 is 28.9 Å². The second kappa shape index (κ2) is 8.71. The van der Waals surface area contributed by atoms with Crippen molar-refractivity contribution in [1.29, 1.82) is 0 Å². The van der Waals surface area contributed by atoms with Crippen molar-refractivity contribution >= 4 is 17.2 Å². The molecule has 0 spiro atoms. The highest BCUT2D eigenvalue weighted by Gasteiger charge is 2.22. The van der Waals surface area contributed by atoms with Crippen molar-refractivity contribution in [1.82, 2.24) is 0 Å². The fourth-order valence-corrected chi connectivity index (χ4v) is 3.29. The number of methoxy groups -OCH3 is 2. The minimum atomic E-state index is -0.0217. The number of rotatable bonds is 7. The summed E-state index contributed by atoms with van der Waals surface area (Å²) in [6, 6.07) is 17.5. The van der Waals surface area contributed by atoms with E-state index >= 15 is 0 Å². The first kappa shape index (κ1) is 20.2. The molecule has 0 radical (unpaired) electrons. The second-order valence-electron chi connectivity index (χ2n) is 6.74. The third-order valence-corrected chi connectivity index (χ3v) is 4.78. The molecule has 0 fully saturated rings. The van der Waals surface area contributed by atoms with E-state index in [1.807, 2.05) is 30.3 Å². The summed E-state index contributed by atoms with van der Waals surface area (Å²) in [4.78, 5) is 5.44. The van der Waals surface area contributed by atoms with Gasteiger partial charge in [0.25, 0.3) is 0 Å². The molecule has 0 bridgehead atoms. The van der Waals surface area contributed by atoms with Gasteiger partial charge in [0.05, 0.1) is 36.9 Å². The number of aromatic hydroxyl groups is 2. The number of fused-ring (bicyclic) bond motifs is 1. The van der Waals surface area contributed by atoms with Crippen LogP contribution in [0.4, 0.5) is 0 Å². The highest BCUT2D eigenvalue weighted by Crippen LogP contribution is 2.43. The molecular weight excluding hydrogens is 398 g/mol. The van der Waals surface area contributed by atoms with Gasteiger partial charge in [-0.05, 0) is 17.7 Å². The average Bonchev–Trinajstić information content (AvgIpc) is 3.15. The molecule has 1 heterocycles. The predicted octanol–water partition coefficient (Wildman–Crippen LogP) is 5.08. The molecule has 4 aromatic rings. The summed E-state index contributed by atoms with van der Waals surface area (Å²) < 4.78 is 16.7. The SMILES string of the molecule is COc1cc(O)c2c(/C=N/OCc3ccccc3)c(-c3ccc(O)cc3OC)oc2c1. The van der Waals surface area contributed by atoms with Crippen molar-refractivity contribution in [2.75, 3.05) is 14.2 Å². The Kier molecular flexibility index (Phi) is 5.66. The summed E-state index contributed by atoms with van der Waals surface area (Å²) >= 11 is 0. The Balaban J connectivity index is 1.79. The van der Waals surface area contributed by atoms with Crippen molar-refractivity contribution < 1.29 is 28.9 Å². The average molecular weight is 419 g/mol. The first-order valence-electron chi connectivity index (χ1n) is 9.51. The molecule has 1 aromatic heterocycles. The van der Waals surface area contributed by atoms with Crippen molar-refractivity contribution in [3.05, 3.63) is 71.8 Å². The summed E-state index contributed by atoms with van der Waals surface area (Å²) in [5, 5.41) is 25.0. The number of benzene rings is 3. The van der Waals surface area contributed by atoms with Crippen LogP contribution >= 0.6 is 0 Å². The Morgan fingerprint density at radius 2 is 1.77 bits per heavy atom. The number of hydrogen-bond acceptors (Lipinski definition) is 7. The number of phenols is 2. The van der Waals surface area contributed by atoms with Gasteiger partial charge in [-0.15, -0.1) is 0 Å². The molecule has 0 aliphatic carbocycles. The molecular formula is C24H21NO6. The molecule has 0 unspecified atom stereocenters. The van der Waals surface area contributed by atoms with Crippen LogP contribution in [-0.2, 0) is 11.4 Å². The summed E-state index contributed by atoms with van der Waals surface area (Å²) in [6.07, 6.45) is 1.49. The maximum Gasteiger partial charge on any atom is 0.148 e. The van der Waals surface area contributed by atoms with Crippen LogP contribution in [0.2, 0.25) is 0 Å². The number of furan rings is 1. The molecule has 3 aromatic carbocycles. The zero-order valence-electron chi connectivity index (χ0n) is 17.0. The zero-order chi connectivity index (χ0) is 21.8. The van der Waals surface area contributed by atoms with E-state index in [1.165, 1.54) is 38.6 Å². The van der Waals surface area contributed by atoms with Crippen LogP contribution in [-0.4, -0.2) is 30.6 Å². The first-order valence-corrected chi connectivity index (χ1v) is 9.51. The lowest BCUT2D eigenvalue weighted by Crippen LogP contribution is -1.91. The topological polar surface area (TPSA) is 93.7 Å². The highest BCUT2D eigenvalue weighted by molar-refractivity contribution is 6.07. The third-order valence-electron chi connectivity index (χ3n) is 4.78. The monoisotopic (exact) mass is 419 g/mol. The zero-order valence-corrected chi connectivity index (χ0v) is 17.0. The lowest BCUT2D eigenvalue weighted by molar-refractivity contribution is 0.132. The standard InChI is InChI=1S/C24H21NO6/c1-28-17-11-20(27)23-19(13-25-30-14-15-6-4-3-5-7-15)24(31-22(23)12-17)18-9-8-16(26)10-21(18)29-2/h3-13,26-27H,14H2,1-2H3/b25-13+. The first-order chi connectivity index (χ1) is 15.1. The van der Waals surface area contributed by atoms with E-state index < -0.39 is 0 Å². The molecule has 4 rings (SSSR count). The fraction of sp³-hybridized carbons (Fsp3) is 0.125. The van der Waals surface area contributed by atoms with E-state index in [2.05, 4.69) is 5.16 Å². The van der Waals surface area contributed by atoms with Crippen LogP contribution in [0.5, 0.6) is 23.0 Å². The minimum absolute atomic E-state index is 0.0217. The van der Waals surface area contributed by atoms with Crippen LogP contribution in [0.3, 0.4) is 0 Å². The van der Waals surface area contributed by atoms with E-state index in [0.29, 0.717) is 46.0 Å². The summed E-state index contributed by atoms with van der Waals surface area (Å²) in [5.41, 5.74) is 2.47. The van der Waals surface area contributed by atoms with Gasteiger partial charge in [-0.2, -0.15) is 0 Å². The Labute approximate surface area is 178 Å². The van der Waals surface area contributed by atoms with E-state index in [-0.39, 0.29) is 11.5 Å². The van der Waals surface area contributed by atoms with Gasteiger partial charge in [0.15, 0.2) is 0 Å². The third kappa shape index (κ3) is 4.11. The molecule has 0 saturated carbocycles. The Morgan fingerprint density at radius 3 is 2.52 bits per heavy atom. The van der Waals surface area contributed by atoms with Gasteiger partial charge in [0.2, 0.25) is 0 Å². The van der Waals surface area contributed by atoms with Gasteiger partial charge in [-0.1, -0.05) is 35.5 Å². The Morgan fingerprint density at radius 1 is 0.968 bits per heavy atom. The van der Waals surface area contributed by atoms with Crippen molar-refractivity contribution in [2.45, 2.75) is 6.61 Å². The molecule has 2 N–H and O–H groups in total. The summed E-state index contributed by atoms with van der Waals surface area (Å²) in [6.45, 7) is 0.296. The van der Waals surface area contributed by atoms with Gasteiger partial charge in [0, 0.05) is 18.2 Å². The van der Waals surface area contributed by atoms with E-state index in [4.69, 9.17) is 18.7 Å². The van der Waals surface area contributed by atoms with Crippen molar-refractivity contribution in [3.63, 3.8) is 0 Å².